The Labute approximate surface area is 119 Å². The molecule has 7 nitrogen and oxygen atoms in total. The normalized spacial score (nSPS) is 10.4. The van der Waals surface area contributed by atoms with Gasteiger partial charge in [0.2, 0.25) is 17.8 Å². The van der Waals surface area contributed by atoms with Gasteiger partial charge in [-0.05, 0) is 12.1 Å². The van der Waals surface area contributed by atoms with E-state index in [0.29, 0.717) is 17.6 Å². The van der Waals surface area contributed by atoms with Crippen molar-refractivity contribution in [1.82, 2.24) is 24.5 Å². The summed E-state index contributed by atoms with van der Waals surface area (Å²) in [5, 5.41) is 5.68. The molecule has 0 aliphatic heterocycles. The fraction of sp³-hybridized carbons (Fsp3) is 0.0769. The Morgan fingerprint density at radius 2 is 1.90 bits per heavy atom. The Balaban J connectivity index is 1.99. The lowest BCUT2D eigenvalue weighted by Gasteiger charge is -2.09. The third-order valence-electron chi connectivity index (χ3n) is 2.70. The second kappa shape index (κ2) is 5.53. The minimum Gasteiger partial charge on any atom is -0.357 e. The van der Waals surface area contributed by atoms with E-state index in [4.69, 9.17) is 0 Å². The molecular formula is C13H12FN7. The number of para-hydroxylation sites is 1. The van der Waals surface area contributed by atoms with E-state index >= 15 is 0 Å². The van der Waals surface area contributed by atoms with Gasteiger partial charge in [0.05, 0.1) is 5.69 Å². The zero-order valence-corrected chi connectivity index (χ0v) is 11.2. The molecule has 0 aliphatic carbocycles. The molecule has 21 heavy (non-hydrogen) atoms. The molecule has 0 amide bonds. The van der Waals surface area contributed by atoms with Crippen LogP contribution >= 0.6 is 0 Å². The molecule has 0 bridgehead atoms. The average molecular weight is 285 g/mol. The van der Waals surface area contributed by atoms with Crippen LogP contribution in [0.2, 0.25) is 0 Å². The third-order valence-corrected chi connectivity index (χ3v) is 2.70. The van der Waals surface area contributed by atoms with Gasteiger partial charge < -0.3 is 10.6 Å². The van der Waals surface area contributed by atoms with Crippen LogP contribution in [0.15, 0.2) is 43.0 Å². The van der Waals surface area contributed by atoms with Crippen LogP contribution in [-0.4, -0.2) is 31.6 Å². The first kappa shape index (κ1) is 13.0. The molecule has 1 aromatic carbocycles. The second-order valence-corrected chi connectivity index (χ2v) is 4.11. The molecular weight excluding hydrogens is 273 g/mol. The standard InChI is InChI=1S/C13H12FN7/c1-15-11-18-12(17-10-5-3-2-4-9(10)14)20-13(19-11)21-7-6-16-8-21/h2-8H,1H3,(H2,15,17,18,19,20). The average Bonchev–Trinajstić information content (AvgIpc) is 3.04. The predicted molar refractivity (Wildman–Crippen MR) is 76.2 cm³/mol. The molecule has 106 valence electrons. The van der Waals surface area contributed by atoms with E-state index in [2.05, 4.69) is 30.6 Å². The fourth-order valence-electron chi connectivity index (χ4n) is 1.71. The maximum Gasteiger partial charge on any atom is 0.241 e. The van der Waals surface area contributed by atoms with Gasteiger partial charge in [-0.15, -0.1) is 0 Å². The Hall–Kier alpha value is -3.03. The molecule has 2 aromatic heterocycles. The van der Waals surface area contributed by atoms with Gasteiger partial charge in [-0.3, -0.25) is 4.57 Å². The summed E-state index contributed by atoms with van der Waals surface area (Å²) in [4.78, 5) is 16.6. The van der Waals surface area contributed by atoms with Crippen LogP contribution < -0.4 is 10.6 Å². The summed E-state index contributed by atoms with van der Waals surface area (Å²) < 4.78 is 15.3. The van der Waals surface area contributed by atoms with Gasteiger partial charge in [0.1, 0.15) is 12.1 Å². The molecule has 0 aliphatic rings. The van der Waals surface area contributed by atoms with Crippen molar-refractivity contribution in [3.63, 3.8) is 0 Å². The summed E-state index contributed by atoms with van der Waals surface area (Å²) in [6, 6.07) is 6.31. The molecule has 3 aromatic rings. The van der Waals surface area contributed by atoms with Gasteiger partial charge in [-0.25, -0.2) is 9.37 Å². The van der Waals surface area contributed by atoms with E-state index in [1.807, 2.05) is 0 Å². The lowest BCUT2D eigenvalue weighted by molar-refractivity contribution is 0.631. The number of hydrogen-bond acceptors (Lipinski definition) is 6. The Morgan fingerprint density at radius 3 is 2.62 bits per heavy atom. The SMILES string of the molecule is CNc1nc(Nc2ccccc2F)nc(-n2ccnc2)n1. The number of benzene rings is 1. The van der Waals surface area contributed by atoms with E-state index in [1.165, 1.54) is 6.07 Å². The van der Waals surface area contributed by atoms with Gasteiger partial charge in [0, 0.05) is 19.4 Å². The lowest BCUT2D eigenvalue weighted by atomic mass is 10.3. The summed E-state index contributed by atoms with van der Waals surface area (Å²) in [5.41, 5.74) is 0.294. The molecule has 8 heteroatoms. The molecule has 0 atom stereocenters. The first-order valence-electron chi connectivity index (χ1n) is 6.20. The summed E-state index contributed by atoms with van der Waals surface area (Å²) in [7, 11) is 1.69. The van der Waals surface area contributed by atoms with Crippen molar-refractivity contribution < 1.29 is 4.39 Å². The van der Waals surface area contributed by atoms with E-state index in [-0.39, 0.29) is 11.8 Å². The fourth-order valence-corrected chi connectivity index (χ4v) is 1.71. The zero-order chi connectivity index (χ0) is 14.7. The summed E-state index contributed by atoms with van der Waals surface area (Å²) >= 11 is 0. The van der Waals surface area contributed by atoms with Crippen molar-refractivity contribution in [2.75, 3.05) is 17.7 Å². The van der Waals surface area contributed by atoms with Crippen molar-refractivity contribution in [2.24, 2.45) is 0 Å². The van der Waals surface area contributed by atoms with Crippen LogP contribution in [-0.2, 0) is 0 Å². The largest absolute Gasteiger partial charge is 0.357 e. The van der Waals surface area contributed by atoms with Crippen molar-refractivity contribution >= 4 is 17.6 Å². The topological polar surface area (TPSA) is 80.5 Å². The van der Waals surface area contributed by atoms with Crippen molar-refractivity contribution in [1.29, 1.82) is 0 Å². The molecule has 0 saturated carbocycles. The number of nitrogens with one attached hydrogen (secondary N) is 2. The summed E-state index contributed by atoms with van der Waals surface area (Å²) in [6.45, 7) is 0. The quantitative estimate of drug-likeness (QED) is 0.763. The van der Waals surface area contributed by atoms with E-state index < -0.39 is 0 Å². The molecule has 0 spiro atoms. The highest BCUT2D eigenvalue weighted by Crippen LogP contribution is 2.18. The maximum atomic E-state index is 13.7. The van der Waals surface area contributed by atoms with Crippen LogP contribution in [0.4, 0.5) is 22.0 Å². The summed E-state index contributed by atoms with van der Waals surface area (Å²) in [6.07, 6.45) is 4.90. The molecule has 2 heterocycles. The third kappa shape index (κ3) is 2.78. The summed E-state index contributed by atoms with van der Waals surface area (Å²) in [5.74, 6) is 0.606. The molecule has 2 N–H and O–H groups in total. The molecule has 0 saturated heterocycles. The van der Waals surface area contributed by atoms with Crippen molar-refractivity contribution in [3.05, 3.63) is 48.8 Å². The molecule has 3 rings (SSSR count). The van der Waals surface area contributed by atoms with Crippen LogP contribution in [0.1, 0.15) is 0 Å². The number of hydrogen-bond donors (Lipinski definition) is 2. The lowest BCUT2D eigenvalue weighted by Crippen LogP contribution is -2.09. The highest BCUT2D eigenvalue weighted by molar-refractivity contribution is 5.55. The smallest absolute Gasteiger partial charge is 0.241 e. The molecule has 0 fully saturated rings. The second-order valence-electron chi connectivity index (χ2n) is 4.11. The van der Waals surface area contributed by atoms with E-state index in [1.54, 1.807) is 48.5 Å². The molecule has 0 radical (unpaired) electrons. The maximum absolute atomic E-state index is 13.7. The van der Waals surface area contributed by atoms with Gasteiger partial charge in [-0.1, -0.05) is 12.1 Å². The first-order chi connectivity index (χ1) is 10.3. The van der Waals surface area contributed by atoms with Gasteiger partial charge in [0.25, 0.3) is 0 Å². The van der Waals surface area contributed by atoms with E-state index in [0.717, 1.165) is 0 Å². The van der Waals surface area contributed by atoms with Gasteiger partial charge in [-0.2, -0.15) is 15.0 Å². The number of halogens is 1. The highest BCUT2D eigenvalue weighted by atomic mass is 19.1. The number of anilines is 3. The van der Waals surface area contributed by atoms with Crippen LogP contribution in [0.3, 0.4) is 0 Å². The number of rotatable bonds is 4. The molecule has 0 unspecified atom stereocenters. The van der Waals surface area contributed by atoms with Crippen molar-refractivity contribution in [2.45, 2.75) is 0 Å². The van der Waals surface area contributed by atoms with Crippen LogP contribution in [0.5, 0.6) is 0 Å². The monoisotopic (exact) mass is 285 g/mol. The van der Waals surface area contributed by atoms with Gasteiger partial charge >= 0.3 is 0 Å². The van der Waals surface area contributed by atoms with Crippen LogP contribution in [0, 0.1) is 5.82 Å². The minimum atomic E-state index is -0.381. The van der Waals surface area contributed by atoms with E-state index in [9.17, 15) is 4.39 Å². The number of nitrogens with zero attached hydrogens (tertiary/aromatic N) is 5. The predicted octanol–water partition coefficient (Wildman–Crippen LogP) is 1.98. The number of aromatic nitrogens is 5. The first-order valence-corrected chi connectivity index (χ1v) is 6.20. The highest BCUT2D eigenvalue weighted by Gasteiger charge is 2.09. The Kier molecular flexibility index (Phi) is 3.42. The number of imidazole rings is 1. The minimum absolute atomic E-state index is 0.239. The zero-order valence-electron chi connectivity index (χ0n) is 11.2. The van der Waals surface area contributed by atoms with Crippen LogP contribution in [0.25, 0.3) is 5.95 Å². The Morgan fingerprint density at radius 1 is 1.10 bits per heavy atom. The Bertz CT molecular complexity index is 742. The van der Waals surface area contributed by atoms with Crippen molar-refractivity contribution in [3.8, 4) is 5.95 Å². The van der Waals surface area contributed by atoms with Gasteiger partial charge in [0.15, 0.2) is 0 Å².